The van der Waals surface area contributed by atoms with E-state index in [1.54, 1.807) is 0 Å². The number of carbonyl (C=O) groups excluding carboxylic acids is 2. The smallest absolute Gasteiger partial charge is 0.338 e. The predicted octanol–water partition coefficient (Wildman–Crippen LogP) is 2.51. The van der Waals surface area contributed by atoms with Gasteiger partial charge in [-0.05, 0) is 25.5 Å². The summed E-state index contributed by atoms with van der Waals surface area (Å²) in [5.41, 5.74) is 0.0772. The Labute approximate surface area is 110 Å². The first-order chi connectivity index (χ1) is 8.95. The summed E-state index contributed by atoms with van der Waals surface area (Å²) >= 11 is 0. The highest BCUT2D eigenvalue weighted by Crippen LogP contribution is 2.13. The van der Waals surface area contributed by atoms with Gasteiger partial charge in [0.2, 0.25) is 0 Å². The van der Waals surface area contributed by atoms with Gasteiger partial charge >= 0.3 is 5.97 Å². The van der Waals surface area contributed by atoms with Gasteiger partial charge < -0.3 is 4.74 Å². The van der Waals surface area contributed by atoms with Gasteiger partial charge in [-0.1, -0.05) is 6.92 Å². The van der Waals surface area contributed by atoms with Gasteiger partial charge in [-0.15, -0.1) is 0 Å². The Morgan fingerprint density at radius 2 is 1.89 bits per heavy atom. The van der Waals surface area contributed by atoms with Crippen LogP contribution in [0, 0.1) is 10.1 Å². The fraction of sp³-hybridized carbons (Fsp3) is 0.385. The van der Waals surface area contributed by atoms with Crippen LogP contribution in [0.4, 0.5) is 5.69 Å². The molecule has 1 aromatic carbocycles. The van der Waals surface area contributed by atoms with Crippen LogP contribution in [0.3, 0.4) is 0 Å². The van der Waals surface area contributed by atoms with Crippen LogP contribution in [0.25, 0.3) is 0 Å². The summed E-state index contributed by atoms with van der Waals surface area (Å²) in [5, 5.41) is 10.5. The first-order valence-corrected chi connectivity index (χ1v) is 5.93. The van der Waals surface area contributed by atoms with E-state index < -0.39 is 17.0 Å². The lowest BCUT2D eigenvalue weighted by molar-refractivity contribution is -0.384. The number of Topliss-reactive ketones (excluding diaryl/α,β-unsaturated/α-hetero) is 1. The lowest BCUT2D eigenvalue weighted by Crippen LogP contribution is -2.24. The summed E-state index contributed by atoms with van der Waals surface area (Å²) in [5.74, 6) is -0.801. The van der Waals surface area contributed by atoms with Gasteiger partial charge in [-0.2, -0.15) is 0 Å². The molecule has 0 aliphatic rings. The van der Waals surface area contributed by atoms with E-state index in [2.05, 4.69) is 0 Å². The lowest BCUT2D eigenvalue weighted by Gasteiger charge is -2.11. The Hall–Kier alpha value is -2.24. The van der Waals surface area contributed by atoms with E-state index in [1.807, 2.05) is 6.92 Å². The molecule has 0 spiro atoms. The van der Waals surface area contributed by atoms with Gasteiger partial charge in [0.15, 0.2) is 11.9 Å². The molecular weight excluding hydrogens is 250 g/mol. The Morgan fingerprint density at radius 1 is 1.32 bits per heavy atom. The summed E-state index contributed by atoms with van der Waals surface area (Å²) in [6.45, 7) is 3.38. The van der Waals surface area contributed by atoms with Gasteiger partial charge in [-0.25, -0.2) is 4.79 Å². The zero-order valence-electron chi connectivity index (χ0n) is 10.8. The fourth-order valence-electron chi connectivity index (χ4n) is 1.46. The molecule has 1 unspecified atom stereocenters. The molecule has 0 saturated heterocycles. The van der Waals surface area contributed by atoms with Crippen molar-refractivity contribution in [1.29, 1.82) is 0 Å². The van der Waals surface area contributed by atoms with E-state index in [0.717, 1.165) is 0 Å². The number of hydrogen-bond acceptors (Lipinski definition) is 5. The van der Waals surface area contributed by atoms with Crippen molar-refractivity contribution in [2.24, 2.45) is 0 Å². The summed E-state index contributed by atoms with van der Waals surface area (Å²) in [4.78, 5) is 33.1. The van der Waals surface area contributed by atoms with Crippen molar-refractivity contribution in [3.8, 4) is 0 Å². The highest BCUT2D eigenvalue weighted by Gasteiger charge is 2.18. The van der Waals surface area contributed by atoms with Gasteiger partial charge in [0.1, 0.15) is 0 Å². The van der Waals surface area contributed by atoms with E-state index in [4.69, 9.17) is 4.74 Å². The molecule has 102 valence electrons. The maximum absolute atomic E-state index is 11.7. The highest BCUT2D eigenvalue weighted by atomic mass is 16.6. The molecule has 0 aromatic heterocycles. The highest BCUT2D eigenvalue weighted by molar-refractivity contribution is 5.92. The average molecular weight is 265 g/mol. The van der Waals surface area contributed by atoms with Crippen molar-refractivity contribution in [3.63, 3.8) is 0 Å². The van der Waals surface area contributed by atoms with Crippen LogP contribution in [0.5, 0.6) is 0 Å². The van der Waals surface area contributed by atoms with Crippen LogP contribution in [0.2, 0.25) is 0 Å². The third kappa shape index (κ3) is 4.17. The van der Waals surface area contributed by atoms with E-state index >= 15 is 0 Å². The molecule has 0 radical (unpaired) electrons. The Bertz CT molecular complexity index is 480. The minimum Gasteiger partial charge on any atom is -0.451 e. The minimum absolute atomic E-state index is 0.105. The standard InChI is InChI=1S/C13H15NO5/c1-3-4-12(15)9(2)19-13(16)10-5-7-11(8-6-10)14(17)18/h5-9H,3-4H2,1-2H3. The van der Waals surface area contributed by atoms with Gasteiger partial charge in [0.05, 0.1) is 10.5 Å². The molecule has 19 heavy (non-hydrogen) atoms. The Kier molecular flexibility index (Phi) is 5.17. The Morgan fingerprint density at radius 3 is 2.37 bits per heavy atom. The molecular formula is C13H15NO5. The first kappa shape index (κ1) is 14.8. The summed E-state index contributed by atoms with van der Waals surface area (Å²) in [6, 6.07) is 5.04. The van der Waals surface area contributed by atoms with Crippen molar-refractivity contribution in [2.75, 3.05) is 0 Å². The van der Waals surface area contributed by atoms with Crippen LogP contribution in [-0.4, -0.2) is 22.8 Å². The molecule has 0 heterocycles. The fourth-order valence-corrected chi connectivity index (χ4v) is 1.46. The third-order valence-electron chi connectivity index (χ3n) is 2.55. The summed E-state index contributed by atoms with van der Waals surface area (Å²) < 4.78 is 4.99. The van der Waals surface area contributed by atoms with Crippen LogP contribution in [0.15, 0.2) is 24.3 Å². The number of hydrogen-bond donors (Lipinski definition) is 0. The van der Waals surface area contributed by atoms with Crippen molar-refractivity contribution in [1.82, 2.24) is 0 Å². The minimum atomic E-state index is -0.803. The maximum atomic E-state index is 11.7. The van der Waals surface area contributed by atoms with Crippen molar-refractivity contribution >= 4 is 17.4 Å². The first-order valence-electron chi connectivity index (χ1n) is 5.93. The van der Waals surface area contributed by atoms with Crippen molar-refractivity contribution in [3.05, 3.63) is 39.9 Å². The van der Waals surface area contributed by atoms with E-state index in [-0.39, 0.29) is 17.0 Å². The molecule has 6 nitrogen and oxygen atoms in total. The molecule has 0 aliphatic carbocycles. The molecule has 6 heteroatoms. The predicted molar refractivity (Wildman–Crippen MR) is 67.9 cm³/mol. The molecule has 1 rings (SSSR count). The van der Waals surface area contributed by atoms with E-state index in [9.17, 15) is 19.7 Å². The number of benzene rings is 1. The van der Waals surface area contributed by atoms with Crippen molar-refractivity contribution in [2.45, 2.75) is 32.8 Å². The van der Waals surface area contributed by atoms with Crippen LogP contribution < -0.4 is 0 Å². The molecule has 0 amide bonds. The number of ether oxygens (including phenoxy) is 1. The third-order valence-corrected chi connectivity index (χ3v) is 2.55. The van der Waals surface area contributed by atoms with Crippen LogP contribution in [-0.2, 0) is 9.53 Å². The zero-order valence-corrected chi connectivity index (χ0v) is 10.8. The normalized spacial score (nSPS) is 11.7. The topological polar surface area (TPSA) is 86.5 Å². The second-order valence-electron chi connectivity index (χ2n) is 4.07. The lowest BCUT2D eigenvalue weighted by atomic mass is 10.1. The van der Waals surface area contributed by atoms with E-state index in [0.29, 0.717) is 12.8 Å². The second kappa shape index (κ2) is 6.63. The number of non-ortho nitro benzene ring substituents is 1. The van der Waals surface area contributed by atoms with Crippen LogP contribution >= 0.6 is 0 Å². The molecule has 0 saturated carbocycles. The number of ketones is 1. The summed E-state index contributed by atoms with van der Waals surface area (Å²) in [7, 11) is 0. The zero-order chi connectivity index (χ0) is 14.4. The number of nitrogens with zero attached hydrogens (tertiary/aromatic N) is 1. The Balaban J connectivity index is 2.68. The number of rotatable bonds is 6. The molecule has 0 N–H and O–H groups in total. The maximum Gasteiger partial charge on any atom is 0.338 e. The summed E-state index contributed by atoms with van der Waals surface area (Å²) in [6.07, 6.45) is 0.245. The van der Waals surface area contributed by atoms with Crippen molar-refractivity contribution < 1.29 is 19.2 Å². The molecule has 0 fully saturated rings. The van der Waals surface area contributed by atoms with Crippen LogP contribution in [0.1, 0.15) is 37.0 Å². The van der Waals surface area contributed by atoms with Gasteiger partial charge in [0.25, 0.3) is 5.69 Å². The monoisotopic (exact) mass is 265 g/mol. The number of esters is 1. The van der Waals surface area contributed by atoms with Gasteiger partial charge in [-0.3, -0.25) is 14.9 Å². The van der Waals surface area contributed by atoms with E-state index in [1.165, 1.54) is 31.2 Å². The largest absolute Gasteiger partial charge is 0.451 e. The molecule has 1 aromatic rings. The van der Waals surface area contributed by atoms with Gasteiger partial charge in [0, 0.05) is 18.6 Å². The average Bonchev–Trinajstić information content (AvgIpc) is 2.38. The molecule has 0 bridgehead atoms. The second-order valence-corrected chi connectivity index (χ2v) is 4.07. The number of nitro groups is 1. The SMILES string of the molecule is CCCC(=O)C(C)OC(=O)c1ccc([N+](=O)[O-])cc1. The molecule has 1 atom stereocenters. The number of nitro benzene ring substituents is 1. The molecule has 0 aliphatic heterocycles. The quantitative estimate of drug-likeness (QED) is 0.448. The number of carbonyl (C=O) groups is 2.